The van der Waals surface area contributed by atoms with E-state index in [2.05, 4.69) is 19.3 Å². The van der Waals surface area contributed by atoms with E-state index in [9.17, 15) is 8.78 Å². The van der Waals surface area contributed by atoms with Gasteiger partial charge in [0.05, 0.1) is 0 Å². The second-order valence-corrected chi connectivity index (χ2v) is 5.04. The number of unbranched alkanes of at least 4 members (excludes halogenated alkanes) is 1. The third-order valence-corrected chi connectivity index (χ3v) is 3.68. The topological polar surface area (TPSA) is 38.0 Å². The lowest BCUT2D eigenvalue weighted by Crippen LogP contribution is -2.42. The Bertz CT molecular complexity index is 382. The Morgan fingerprint density at radius 3 is 2.47 bits per heavy atom. The lowest BCUT2D eigenvalue weighted by Gasteiger charge is -2.25. The number of halogens is 2. The van der Waals surface area contributed by atoms with Gasteiger partial charge in [-0.25, -0.2) is 8.78 Å². The predicted molar refractivity (Wildman–Crippen MR) is 74.5 cm³/mol. The Morgan fingerprint density at radius 2 is 1.95 bits per heavy atom. The first-order valence-electron chi connectivity index (χ1n) is 7.02. The molecule has 0 aliphatic carbocycles. The third kappa shape index (κ3) is 4.88. The van der Waals surface area contributed by atoms with Crippen molar-refractivity contribution in [1.82, 2.24) is 5.43 Å². The van der Waals surface area contributed by atoms with Crippen LogP contribution in [0, 0.1) is 17.6 Å². The van der Waals surface area contributed by atoms with E-state index in [4.69, 9.17) is 5.84 Å². The molecule has 1 rings (SSSR count). The van der Waals surface area contributed by atoms with Crippen molar-refractivity contribution < 1.29 is 8.78 Å². The van der Waals surface area contributed by atoms with Gasteiger partial charge in [0.1, 0.15) is 0 Å². The lowest BCUT2D eigenvalue weighted by molar-refractivity contribution is 0.318. The Balaban J connectivity index is 2.70. The van der Waals surface area contributed by atoms with Crippen LogP contribution in [-0.2, 0) is 6.42 Å². The van der Waals surface area contributed by atoms with Gasteiger partial charge in [-0.2, -0.15) is 0 Å². The summed E-state index contributed by atoms with van der Waals surface area (Å²) in [6.07, 6.45) is 5.06. The van der Waals surface area contributed by atoms with E-state index < -0.39 is 11.6 Å². The maximum absolute atomic E-state index is 13.2. The minimum Gasteiger partial charge on any atom is -0.271 e. The molecule has 1 aromatic carbocycles. The predicted octanol–water partition coefficient (Wildman–Crippen LogP) is 3.56. The zero-order chi connectivity index (χ0) is 14.3. The molecule has 0 radical (unpaired) electrons. The monoisotopic (exact) mass is 270 g/mol. The molecular weight excluding hydrogens is 246 g/mol. The van der Waals surface area contributed by atoms with Gasteiger partial charge >= 0.3 is 0 Å². The van der Waals surface area contributed by atoms with Crippen LogP contribution in [0.5, 0.6) is 0 Å². The van der Waals surface area contributed by atoms with Gasteiger partial charge in [-0.1, -0.05) is 39.2 Å². The quantitative estimate of drug-likeness (QED) is 0.560. The SMILES string of the molecule is CCCCC(CC)C(Cc1ccc(F)c(F)c1)NN. The van der Waals surface area contributed by atoms with Crippen LogP contribution in [0.2, 0.25) is 0 Å². The summed E-state index contributed by atoms with van der Waals surface area (Å²) in [4.78, 5) is 0. The number of nitrogens with one attached hydrogen (secondary N) is 1. The van der Waals surface area contributed by atoms with E-state index >= 15 is 0 Å². The van der Waals surface area contributed by atoms with Gasteiger partial charge in [0.25, 0.3) is 0 Å². The highest BCUT2D eigenvalue weighted by atomic mass is 19.2. The Hall–Kier alpha value is -1.00. The average Bonchev–Trinajstić information content (AvgIpc) is 2.42. The molecule has 0 saturated heterocycles. The highest BCUT2D eigenvalue weighted by Crippen LogP contribution is 2.20. The Kier molecular flexibility index (Phi) is 6.95. The van der Waals surface area contributed by atoms with E-state index in [1.165, 1.54) is 12.1 Å². The van der Waals surface area contributed by atoms with E-state index in [0.29, 0.717) is 12.3 Å². The molecular formula is C15H24F2N2. The molecule has 0 saturated carbocycles. The van der Waals surface area contributed by atoms with Crippen molar-refractivity contribution >= 4 is 0 Å². The van der Waals surface area contributed by atoms with Crippen molar-refractivity contribution in [3.63, 3.8) is 0 Å². The van der Waals surface area contributed by atoms with Crippen LogP contribution >= 0.6 is 0 Å². The second kappa shape index (κ2) is 8.23. The molecule has 0 aromatic heterocycles. The fourth-order valence-corrected chi connectivity index (χ4v) is 2.44. The highest BCUT2D eigenvalue weighted by molar-refractivity contribution is 5.19. The number of benzene rings is 1. The first kappa shape index (κ1) is 16.1. The van der Waals surface area contributed by atoms with Gasteiger partial charge in [-0.3, -0.25) is 11.3 Å². The van der Waals surface area contributed by atoms with Gasteiger partial charge in [0, 0.05) is 6.04 Å². The summed E-state index contributed by atoms with van der Waals surface area (Å²) in [7, 11) is 0. The maximum Gasteiger partial charge on any atom is 0.159 e. The molecule has 0 heterocycles. The van der Waals surface area contributed by atoms with E-state index in [1.54, 1.807) is 6.07 Å². The number of nitrogens with two attached hydrogens (primary N) is 1. The molecule has 19 heavy (non-hydrogen) atoms. The Morgan fingerprint density at radius 1 is 1.21 bits per heavy atom. The number of hydrogen-bond acceptors (Lipinski definition) is 2. The van der Waals surface area contributed by atoms with Crippen molar-refractivity contribution in [3.8, 4) is 0 Å². The lowest BCUT2D eigenvalue weighted by atomic mass is 9.88. The zero-order valence-corrected chi connectivity index (χ0v) is 11.8. The van der Waals surface area contributed by atoms with Crippen LogP contribution in [0.15, 0.2) is 18.2 Å². The molecule has 0 spiro atoms. The van der Waals surface area contributed by atoms with Crippen LogP contribution in [0.4, 0.5) is 8.78 Å². The molecule has 108 valence electrons. The normalized spacial score (nSPS) is 14.4. The van der Waals surface area contributed by atoms with Gasteiger partial charge in [0.15, 0.2) is 11.6 Å². The van der Waals surface area contributed by atoms with Crippen molar-refractivity contribution in [2.24, 2.45) is 11.8 Å². The molecule has 1 aromatic rings. The standard InChI is InChI=1S/C15H24F2N2/c1-3-5-6-12(4-2)15(19-18)10-11-7-8-13(16)14(17)9-11/h7-9,12,15,19H,3-6,10,18H2,1-2H3. The second-order valence-electron chi connectivity index (χ2n) is 5.04. The smallest absolute Gasteiger partial charge is 0.159 e. The van der Waals surface area contributed by atoms with Crippen LogP contribution in [0.3, 0.4) is 0 Å². The molecule has 2 unspecified atom stereocenters. The molecule has 0 amide bonds. The summed E-state index contributed by atoms with van der Waals surface area (Å²) in [5, 5.41) is 0. The van der Waals surface area contributed by atoms with Crippen LogP contribution < -0.4 is 11.3 Å². The maximum atomic E-state index is 13.2. The molecule has 0 bridgehead atoms. The summed E-state index contributed by atoms with van der Waals surface area (Å²) in [6.45, 7) is 4.29. The zero-order valence-electron chi connectivity index (χ0n) is 11.8. The minimum absolute atomic E-state index is 0.0985. The average molecular weight is 270 g/mol. The van der Waals surface area contributed by atoms with E-state index in [0.717, 1.165) is 31.2 Å². The summed E-state index contributed by atoms with van der Waals surface area (Å²) in [5.74, 6) is 4.47. The summed E-state index contributed by atoms with van der Waals surface area (Å²) < 4.78 is 26.1. The third-order valence-electron chi connectivity index (χ3n) is 3.68. The highest BCUT2D eigenvalue weighted by Gasteiger charge is 2.19. The van der Waals surface area contributed by atoms with Gasteiger partial charge in [-0.05, 0) is 36.5 Å². The van der Waals surface area contributed by atoms with Crippen LogP contribution in [0.1, 0.15) is 45.1 Å². The number of rotatable bonds is 8. The Labute approximate surface area is 114 Å². The van der Waals surface area contributed by atoms with E-state index in [-0.39, 0.29) is 6.04 Å². The fraction of sp³-hybridized carbons (Fsp3) is 0.600. The molecule has 4 heteroatoms. The summed E-state index contributed by atoms with van der Waals surface area (Å²) >= 11 is 0. The van der Waals surface area contributed by atoms with Crippen molar-refractivity contribution in [2.75, 3.05) is 0 Å². The minimum atomic E-state index is -0.806. The molecule has 2 atom stereocenters. The molecule has 3 N–H and O–H groups in total. The number of hydrazine groups is 1. The summed E-state index contributed by atoms with van der Waals surface area (Å²) in [5.41, 5.74) is 3.60. The van der Waals surface area contributed by atoms with Crippen LogP contribution in [-0.4, -0.2) is 6.04 Å². The first-order valence-corrected chi connectivity index (χ1v) is 7.02. The van der Waals surface area contributed by atoms with Crippen molar-refractivity contribution in [3.05, 3.63) is 35.4 Å². The van der Waals surface area contributed by atoms with Crippen LogP contribution in [0.25, 0.3) is 0 Å². The van der Waals surface area contributed by atoms with Crippen molar-refractivity contribution in [2.45, 2.75) is 52.0 Å². The van der Waals surface area contributed by atoms with Gasteiger partial charge in [-0.15, -0.1) is 0 Å². The largest absolute Gasteiger partial charge is 0.271 e. The fourth-order valence-electron chi connectivity index (χ4n) is 2.44. The first-order chi connectivity index (χ1) is 9.12. The number of hydrogen-bond donors (Lipinski definition) is 2. The molecule has 0 fully saturated rings. The summed E-state index contributed by atoms with van der Waals surface area (Å²) in [6, 6.07) is 4.15. The molecule has 0 aliphatic heterocycles. The van der Waals surface area contributed by atoms with Gasteiger partial charge < -0.3 is 0 Å². The molecule has 2 nitrogen and oxygen atoms in total. The molecule has 0 aliphatic rings. The van der Waals surface area contributed by atoms with E-state index in [1.807, 2.05) is 0 Å². The van der Waals surface area contributed by atoms with Gasteiger partial charge in [0.2, 0.25) is 0 Å². The van der Waals surface area contributed by atoms with Crippen molar-refractivity contribution in [1.29, 1.82) is 0 Å².